The number of aromatic nitrogens is 1. The molecule has 0 aromatic carbocycles. The third-order valence-corrected chi connectivity index (χ3v) is 1.81. The van der Waals surface area contributed by atoms with Crippen LogP contribution >= 0.6 is 11.6 Å². The highest BCUT2D eigenvalue weighted by atomic mass is 35.5. The lowest BCUT2D eigenvalue weighted by Gasteiger charge is -2.03. The number of rotatable bonds is 3. The van der Waals surface area contributed by atoms with Gasteiger partial charge in [0.2, 0.25) is 0 Å². The summed E-state index contributed by atoms with van der Waals surface area (Å²) < 4.78 is 11.7. The molecule has 1 amide bonds. The maximum Gasteiger partial charge on any atom is 0.252 e. The monoisotopic (exact) mass is 217 g/mol. The van der Waals surface area contributed by atoms with Crippen LogP contribution in [0.15, 0.2) is 12.3 Å². The van der Waals surface area contributed by atoms with Crippen LogP contribution in [-0.2, 0) is 0 Å². The van der Waals surface area contributed by atoms with Crippen molar-refractivity contribution in [3.63, 3.8) is 0 Å². The average molecular weight is 218 g/mol. The Labute approximate surface area is 85.3 Å². The van der Waals surface area contributed by atoms with Crippen molar-refractivity contribution < 1.29 is 9.18 Å². The van der Waals surface area contributed by atoms with Gasteiger partial charge in [0.05, 0.1) is 10.6 Å². The number of pyridine rings is 1. The van der Waals surface area contributed by atoms with Crippen molar-refractivity contribution >= 4 is 23.3 Å². The quantitative estimate of drug-likeness (QED) is 0.794. The first kappa shape index (κ1) is 10.7. The van der Waals surface area contributed by atoms with Crippen molar-refractivity contribution in [3.8, 4) is 0 Å². The predicted octanol–water partition coefficient (Wildman–Crippen LogP) is 1.02. The molecule has 0 saturated carbocycles. The topological polar surface area (TPSA) is 68.0 Å². The van der Waals surface area contributed by atoms with E-state index in [4.69, 9.17) is 17.3 Å². The third-order valence-electron chi connectivity index (χ3n) is 1.51. The standard InChI is InChI=1S/C8H9ClFN3O/c9-6-3-5(4-13-7(6)11)8(14)12-2-1-10/h3-4H,1-2H2,(H2,11,13)(H,12,14). The van der Waals surface area contributed by atoms with Crippen molar-refractivity contribution in [1.29, 1.82) is 0 Å². The first-order valence-electron chi connectivity index (χ1n) is 3.90. The zero-order chi connectivity index (χ0) is 10.6. The Hall–Kier alpha value is -1.36. The highest BCUT2D eigenvalue weighted by Crippen LogP contribution is 2.16. The second-order valence-corrected chi connectivity index (χ2v) is 2.94. The molecule has 6 heteroatoms. The van der Waals surface area contributed by atoms with Crippen LogP contribution in [0.4, 0.5) is 10.2 Å². The molecular weight excluding hydrogens is 209 g/mol. The lowest BCUT2D eigenvalue weighted by atomic mass is 10.2. The van der Waals surface area contributed by atoms with Crippen molar-refractivity contribution in [2.75, 3.05) is 19.0 Å². The van der Waals surface area contributed by atoms with Gasteiger partial charge in [0.15, 0.2) is 0 Å². The van der Waals surface area contributed by atoms with Gasteiger partial charge in [-0.1, -0.05) is 11.6 Å². The fraction of sp³-hybridized carbons (Fsp3) is 0.250. The maximum absolute atomic E-state index is 11.7. The maximum atomic E-state index is 11.7. The summed E-state index contributed by atoms with van der Waals surface area (Å²) in [6.45, 7) is -0.636. The number of nitrogens with zero attached hydrogens (tertiary/aromatic N) is 1. The fourth-order valence-corrected chi connectivity index (χ4v) is 1.00. The van der Waals surface area contributed by atoms with Gasteiger partial charge in [-0.05, 0) is 6.07 Å². The number of carbonyl (C=O) groups is 1. The molecule has 0 aliphatic carbocycles. The smallest absolute Gasteiger partial charge is 0.252 e. The minimum Gasteiger partial charge on any atom is -0.382 e. The highest BCUT2D eigenvalue weighted by Gasteiger charge is 2.07. The number of alkyl halides is 1. The van der Waals surface area contributed by atoms with Crippen LogP contribution in [0.5, 0.6) is 0 Å². The Morgan fingerprint density at radius 3 is 3.00 bits per heavy atom. The number of nitrogens with one attached hydrogen (secondary N) is 1. The predicted molar refractivity (Wildman–Crippen MR) is 52.0 cm³/mol. The first-order chi connectivity index (χ1) is 6.65. The second-order valence-electron chi connectivity index (χ2n) is 2.54. The lowest BCUT2D eigenvalue weighted by Crippen LogP contribution is -2.25. The second kappa shape index (κ2) is 4.76. The van der Waals surface area contributed by atoms with Gasteiger partial charge in [0.25, 0.3) is 5.91 Å². The molecule has 0 unspecified atom stereocenters. The summed E-state index contributed by atoms with van der Waals surface area (Å²) in [4.78, 5) is 14.9. The Balaban J connectivity index is 2.76. The van der Waals surface area contributed by atoms with Crippen molar-refractivity contribution in [2.45, 2.75) is 0 Å². The van der Waals surface area contributed by atoms with Crippen LogP contribution in [0, 0.1) is 0 Å². The van der Waals surface area contributed by atoms with E-state index in [0.717, 1.165) is 0 Å². The van der Waals surface area contributed by atoms with Gasteiger partial charge in [-0.2, -0.15) is 0 Å². The summed E-state index contributed by atoms with van der Waals surface area (Å²) in [5.41, 5.74) is 5.62. The van der Waals surface area contributed by atoms with Crippen molar-refractivity contribution in [2.24, 2.45) is 0 Å². The molecule has 4 nitrogen and oxygen atoms in total. The molecule has 0 saturated heterocycles. The number of carbonyl (C=O) groups excluding carboxylic acids is 1. The molecule has 1 heterocycles. The normalized spacial score (nSPS) is 9.86. The average Bonchev–Trinajstić information content (AvgIpc) is 2.18. The van der Waals surface area contributed by atoms with E-state index in [0.29, 0.717) is 0 Å². The Kier molecular flexibility index (Phi) is 3.64. The molecule has 14 heavy (non-hydrogen) atoms. The number of hydrogen-bond acceptors (Lipinski definition) is 3. The molecule has 1 aromatic rings. The van der Waals surface area contributed by atoms with Gasteiger partial charge in [0, 0.05) is 12.7 Å². The zero-order valence-corrected chi connectivity index (χ0v) is 8.01. The number of nitrogens with two attached hydrogens (primary N) is 1. The van der Waals surface area contributed by atoms with Crippen molar-refractivity contribution in [1.82, 2.24) is 10.3 Å². The van der Waals surface area contributed by atoms with Gasteiger partial charge in [-0.15, -0.1) is 0 Å². The summed E-state index contributed by atoms with van der Waals surface area (Å²) in [5.74, 6) is -0.259. The van der Waals surface area contributed by atoms with Crippen molar-refractivity contribution in [3.05, 3.63) is 22.8 Å². The van der Waals surface area contributed by atoms with Gasteiger partial charge >= 0.3 is 0 Å². The van der Waals surface area contributed by atoms with E-state index in [2.05, 4.69) is 10.3 Å². The molecule has 76 valence electrons. The van der Waals surface area contributed by atoms with Crippen LogP contribution in [0.1, 0.15) is 10.4 Å². The van der Waals surface area contributed by atoms with E-state index < -0.39 is 12.6 Å². The largest absolute Gasteiger partial charge is 0.382 e. The van der Waals surface area contributed by atoms with E-state index >= 15 is 0 Å². The summed E-state index contributed by atoms with van der Waals surface area (Å²) in [6, 6.07) is 1.39. The van der Waals surface area contributed by atoms with Gasteiger partial charge in [0.1, 0.15) is 12.5 Å². The first-order valence-corrected chi connectivity index (χ1v) is 4.28. The number of halogens is 2. The van der Waals surface area contributed by atoms with E-state index in [1.807, 2.05) is 0 Å². The van der Waals surface area contributed by atoms with E-state index in [-0.39, 0.29) is 22.9 Å². The SMILES string of the molecule is Nc1ncc(C(=O)NCCF)cc1Cl. The minimum atomic E-state index is -0.609. The summed E-state index contributed by atoms with van der Waals surface area (Å²) >= 11 is 5.65. The van der Waals surface area contributed by atoms with Crippen LogP contribution in [0.2, 0.25) is 5.02 Å². The number of amides is 1. The summed E-state index contributed by atoms with van der Waals surface area (Å²) in [6.07, 6.45) is 1.29. The zero-order valence-electron chi connectivity index (χ0n) is 7.26. The molecule has 0 fully saturated rings. The third kappa shape index (κ3) is 2.56. The summed E-state index contributed by atoms with van der Waals surface area (Å²) in [7, 11) is 0. The fourth-order valence-electron chi connectivity index (χ4n) is 0.835. The number of hydrogen-bond donors (Lipinski definition) is 2. The van der Waals surface area contributed by atoms with Gasteiger partial charge in [-0.25, -0.2) is 9.37 Å². The molecule has 1 aromatic heterocycles. The molecule has 3 N–H and O–H groups in total. The van der Waals surface area contributed by atoms with Gasteiger partial charge < -0.3 is 11.1 Å². The van der Waals surface area contributed by atoms with Crippen LogP contribution in [0.3, 0.4) is 0 Å². The molecule has 0 aliphatic heterocycles. The van der Waals surface area contributed by atoms with Crippen LogP contribution in [-0.4, -0.2) is 24.1 Å². The molecule has 0 atom stereocenters. The molecule has 0 spiro atoms. The molecule has 0 bridgehead atoms. The van der Waals surface area contributed by atoms with Crippen LogP contribution in [0.25, 0.3) is 0 Å². The Bertz CT molecular complexity index is 345. The minimum absolute atomic E-state index is 0.0270. The van der Waals surface area contributed by atoms with Gasteiger partial charge in [-0.3, -0.25) is 4.79 Å². The molecule has 1 rings (SSSR count). The Morgan fingerprint density at radius 2 is 2.43 bits per heavy atom. The van der Waals surface area contributed by atoms with E-state index in [9.17, 15) is 9.18 Å². The summed E-state index contributed by atoms with van der Waals surface area (Å²) in [5, 5.41) is 2.55. The highest BCUT2D eigenvalue weighted by molar-refractivity contribution is 6.33. The number of anilines is 1. The Morgan fingerprint density at radius 1 is 1.71 bits per heavy atom. The van der Waals surface area contributed by atoms with E-state index in [1.165, 1.54) is 12.3 Å². The number of nitrogen functional groups attached to an aromatic ring is 1. The molecule has 0 radical (unpaired) electrons. The van der Waals surface area contributed by atoms with E-state index in [1.54, 1.807) is 0 Å². The molecular formula is C8H9ClFN3O. The van der Waals surface area contributed by atoms with Crippen LogP contribution < -0.4 is 11.1 Å². The lowest BCUT2D eigenvalue weighted by molar-refractivity contribution is 0.0950. The molecule has 0 aliphatic rings.